The molecule has 0 saturated carbocycles. The smallest absolute Gasteiger partial charge is 0.262 e. The molecule has 1 aromatic carbocycles. The van der Waals surface area contributed by atoms with Crippen LogP contribution in [0.15, 0.2) is 24.3 Å². The van der Waals surface area contributed by atoms with E-state index in [1.807, 2.05) is 0 Å². The van der Waals surface area contributed by atoms with Crippen LogP contribution in [0.5, 0.6) is 0 Å². The highest BCUT2D eigenvalue weighted by Gasteiger charge is 2.53. The molecule has 0 spiro atoms. The number of carbonyl (C=O) groups excluding carboxylic acids is 2. The first-order valence-corrected chi connectivity index (χ1v) is 16.6. The number of fused-ring (bicyclic) bond motifs is 1. The highest BCUT2D eigenvalue weighted by molar-refractivity contribution is 6.74. The standard InChI is InChI=1S/C28H45NO7Si/c1-7-8-9-10-11-14-17-34-27-22(29-25(32)19-15-12-13-16-20(19)26(29)33)24(31)23(30)21(36-27)18-35-37(5,6)28(2,3)4/h12-13,15-16,21-24,27,30-31H,7-11,14,17-18H2,1-6H3/t21-,22-,23-,24-,27-/m1/s1. The van der Waals surface area contributed by atoms with Gasteiger partial charge in [0, 0.05) is 6.61 Å². The molecule has 0 aromatic heterocycles. The SMILES string of the molecule is CCCCCCCCO[C@@H]1O[C@H](CO[Si](C)(C)C(C)(C)C)[C@@H](O)[C@H](O)[C@H]1N1C(=O)c2ccccc2C1=O. The quantitative estimate of drug-likeness (QED) is 0.231. The molecule has 0 aliphatic carbocycles. The van der Waals surface area contributed by atoms with Crippen LogP contribution >= 0.6 is 0 Å². The second-order valence-corrected chi connectivity index (χ2v) is 16.6. The average molecular weight is 536 g/mol. The van der Waals surface area contributed by atoms with E-state index in [0.717, 1.165) is 24.2 Å². The third-order valence-electron chi connectivity index (χ3n) is 7.99. The molecule has 2 aliphatic heterocycles. The summed E-state index contributed by atoms with van der Waals surface area (Å²) >= 11 is 0. The molecule has 1 fully saturated rings. The van der Waals surface area contributed by atoms with Gasteiger partial charge in [-0.3, -0.25) is 14.5 Å². The van der Waals surface area contributed by atoms with Crippen LogP contribution in [0.2, 0.25) is 18.1 Å². The molecular weight excluding hydrogens is 490 g/mol. The number of nitrogens with zero attached hydrogens (tertiary/aromatic N) is 1. The summed E-state index contributed by atoms with van der Waals surface area (Å²) in [5.74, 6) is -1.05. The molecule has 2 heterocycles. The molecule has 208 valence electrons. The van der Waals surface area contributed by atoms with Crippen molar-refractivity contribution in [1.29, 1.82) is 0 Å². The Hall–Kier alpha value is -1.62. The summed E-state index contributed by atoms with van der Waals surface area (Å²) in [5, 5.41) is 22.2. The fourth-order valence-electron chi connectivity index (χ4n) is 4.53. The molecule has 1 aromatic rings. The molecule has 0 bridgehead atoms. The third kappa shape index (κ3) is 6.69. The van der Waals surface area contributed by atoms with Crippen LogP contribution in [0.4, 0.5) is 0 Å². The van der Waals surface area contributed by atoms with Gasteiger partial charge in [-0.15, -0.1) is 0 Å². The first-order valence-electron chi connectivity index (χ1n) is 13.6. The van der Waals surface area contributed by atoms with Crippen LogP contribution in [-0.4, -0.2) is 79.1 Å². The second kappa shape index (κ2) is 12.5. The van der Waals surface area contributed by atoms with Crippen molar-refractivity contribution < 1.29 is 33.7 Å². The van der Waals surface area contributed by atoms with E-state index in [0.29, 0.717) is 6.61 Å². The van der Waals surface area contributed by atoms with Crippen molar-refractivity contribution in [2.45, 2.75) is 115 Å². The Morgan fingerprint density at radius 2 is 1.51 bits per heavy atom. The van der Waals surface area contributed by atoms with E-state index in [4.69, 9.17) is 13.9 Å². The van der Waals surface area contributed by atoms with E-state index in [1.54, 1.807) is 24.3 Å². The molecule has 2 aliphatic rings. The number of hydrogen-bond acceptors (Lipinski definition) is 7. The van der Waals surface area contributed by atoms with Crippen molar-refractivity contribution in [2.24, 2.45) is 0 Å². The maximum Gasteiger partial charge on any atom is 0.262 e. The van der Waals surface area contributed by atoms with Gasteiger partial charge in [0.05, 0.1) is 17.7 Å². The van der Waals surface area contributed by atoms with E-state index in [9.17, 15) is 19.8 Å². The molecule has 2 N–H and O–H groups in total. The third-order valence-corrected chi connectivity index (χ3v) is 12.5. The van der Waals surface area contributed by atoms with Crippen molar-refractivity contribution in [3.63, 3.8) is 0 Å². The zero-order chi connectivity index (χ0) is 27.4. The van der Waals surface area contributed by atoms with Crippen molar-refractivity contribution in [3.8, 4) is 0 Å². The molecule has 0 unspecified atom stereocenters. The van der Waals surface area contributed by atoms with Gasteiger partial charge in [-0.25, -0.2) is 0 Å². The summed E-state index contributed by atoms with van der Waals surface area (Å²) in [6.45, 7) is 13.2. The summed E-state index contributed by atoms with van der Waals surface area (Å²) in [6, 6.07) is 5.38. The zero-order valence-corrected chi connectivity index (χ0v) is 24.2. The number of amides is 2. The predicted molar refractivity (Wildman–Crippen MR) is 144 cm³/mol. The molecule has 5 atom stereocenters. The molecular formula is C28H45NO7Si. The normalized spacial score (nSPS) is 26.6. The Morgan fingerprint density at radius 3 is 2.08 bits per heavy atom. The Balaban J connectivity index is 1.77. The number of benzene rings is 1. The average Bonchev–Trinajstić information content (AvgIpc) is 3.09. The minimum Gasteiger partial charge on any atom is -0.414 e. The monoisotopic (exact) mass is 535 g/mol. The molecule has 1 saturated heterocycles. The van der Waals surface area contributed by atoms with E-state index in [-0.39, 0.29) is 22.8 Å². The summed E-state index contributed by atoms with van der Waals surface area (Å²) in [4.78, 5) is 27.4. The van der Waals surface area contributed by atoms with Crippen molar-refractivity contribution >= 4 is 20.1 Å². The maximum absolute atomic E-state index is 13.2. The van der Waals surface area contributed by atoms with Crippen molar-refractivity contribution in [2.75, 3.05) is 13.2 Å². The van der Waals surface area contributed by atoms with E-state index in [1.165, 1.54) is 19.3 Å². The highest BCUT2D eigenvalue weighted by atomic mass is 28.4. The van der Waals surface area contributed by atoms with Gasteiger partial charge >= 0.3 is 0 Å². The number of aliphatic hydroxyl groups excluding tert-OH is 2. The second-order valence-electron chi connectivity index (χ2n) is 11.8. The van der Waals surface area contributed by atoms with Crippen LogP contribution in [-0.2, 0) is 13.9 Å². The van der Waals surface area contributed by atoms with E-state index in [2.05, 4.69) is 40.8 Å². The zero-order valence-electron chi connectivity index (χ0n) is 23.2. The Labute approximate surface area is 222 Å². The fourth-order valence-corrected chi connectivity index (χ4v) is 5.55. The van der Waals surface area contributed by atoms with Gasteiger partial charge in [-0.1, -0.05) is 71.9 Å². The van der Waals surface area contributed by atoms with Gasteiger partial charge in [-0.05, 0) is 36.7 Å². The number of carbonyl (C=O) groups is 2. The molecule has 9 heteroatoms. The van der Waals surface area contributed by atoms with Gasteiger partial charge in [-0.2, -0.15) is 0 Å². The van der Waals surface area contributed by atoms with Crippen LogP contribution in [0.1, 0.15) is 86.9 Å². The number of ether oxygens (including phenoxy) is 2. The lowest BCUT2D eigenvalue weighted by Crippen LogP contribution is -2.66. The van der Waals surface area contributed by atoms with Gasteiger partial charge in [0.2, 0.25) is 0 Å². The summed E-state index contributed by atoms with van der Waals surface area (Å²) in [6.07, 6.45) is 1.71. The molecule has 37 heavy (non-hydrogen) atoms. The van der Waals surface area contributed by atoms with E-state index >= 15 is 0 Å². The Morgan fingerprint density at radius 1 is 0.946 bits per heavy atom. The van der Waals surface area contributed by atoms with Crippen LogP contribution in [0, 0.1) is 0 Å². The Kier molecular flexibility index (Phi) is 10.1. The first-order chi connectivity index (χ1) is 17.4. The van der Waals surface area contributed by atoms with Crippen molar-refractivity contribution in [1.82, 2.24) is 4.90 Å². The number of hydrogen-bond donors (Lipinski definition) is 2. The maximum atomic E-state index is 13.2. The van der Waals surface area contributed by atoms with Crippen LogP contribution in [0.25, 0.3) is 0 Å². The van der Waals surface area contributed by atoms with Crippen molar-refractivity contribution in [3.05, 3.63) is 35.4 Å². The van der Waals surface area contributed by atoms with E-state index < -0.39 is 50.8 Å². The predicted octanol–water partition coefficient (Wildman–Crippen LogP) is 4.50. The number of imide groups is 1. The van der Waals surface area contributed by atoms with Crippen LogP contribution in [0.3, 0.4) is 0 Å². The fraction of sp³-hybridized carbons (Fsp3) is 0.714. The molecule has 3 rings (SSSR count). The first kappa shape index (κ1) is 29.9. The van der Waals surface area contributed by atoms with Gasteiger partial charge < -0.3 is 24.1 Å². The number of rotatable bonds is 12. The van der Waals surface area contributed by atoms with Gasteiger partial charge in [0.25, 0.3) is 11.8 Å². The largest absolute Gasteiger partial charge is 0.414 e. The van der Waals surface area contributed by atoms with Gasteiger partial charge in [0.1, 0.15) is 24.4 Å². The lowest BCUT2D eigenvalue weighted by molar-refractivity contribution is -0.278. The van der Waals surface area contributed by atoms with Gasteiger partial charge in [0.15, 0.2) is 14.6 Å². The Bertz CT molecular complexity index is 896. The highest BCUT2D eigenvalue weighted by Crippen LogP contribution is 2.38. The molecule has 8 nitrogen and oxygen atoms in total. The van der Waals surface area contributed by atoms with Crippen LogP contribution < -0.4 is 0 Å². The summed E-state index contributed by atoms with van der Waals surface area (Å²) < 4.78 is 18.5. The summed E-state index contributed by atoms with van der Waals surface area (Å²) in [5.41, 5.74) is 0.541. The number of aliphatic hydroxyl groups is 2. The summed E-state index contributed by atoms with van der Waals surface area (Å²) in [7, 11) is -2.15. The number of unbranched alkanes of at least 4 members (excludes halogenated alkanes) is 5. The topological polar surface area (TPSA) is 106 Å². The minimum atomic E-state index is -2.15. The molecule has 2 amide bonds. The lowest BCUT2D eigenvalue weighted by atomic mass is 9.95. The minimum absolute atomic E-state index is 0.0401. The lowest BCUT2D eigenvalue weighted by Gasteiger charge is -2.46. The molecule has 0 radical (unpaired) electrons.